The third kappa shape index (κ3) is 6.64. The van der Waals surface area contributed by atoms with Crippen LogP contribution in [0.3, 0.4) is 0 Å². The van der Waals surface area contributed by atoms with Crippen molar-refractivity contribution in [3.8, 4) is 11.1 Å². The molecule has 1 aliphatic carbocycles. The maximum Gasteiger partial charge on any atom is 0.107 e. The summed E-state index contributed by atoms with van der Waals surface area (Å²) in [5, 5.41) is 10.8. The van der Waals surface area contributed by atoms with E-state index in [2.05, 4.69) is 65.8 Å². The highest BCUT2D eigenvalue weighted by atomic mass is 16.3. The Hall–Kier alpha value is -2.24. The number of hydrogen-bond acceptors (Lipinski definition) is 3. The predicted octanol–water partition coefficient (Wildman–Crippen LogP) is 3.22. The molecule has 2 aromatic carbocycles. The van der Waals surface area contributed by atoms with E-state index >= 15 is 0 Å². The van der Waals surface area contributed by atoms with Crippen LogP contribution in [0.1, 0.15) is 17.0 Å². The third-order valence-electron chi connectivity index (χ3n) is 3.50. The van der Waals surface area contributed by atoms with E-state index in [0.29, 0.717) is 5.92 Å². The number of benzene rings is 2. The molecule has 0 unspecified atom stereocenters. The van der Waals surface area contributed by atoms with Gasteiger partial charge in [0.15, 0.2) is 0 Å². The monoisotopic (exact) mass is 340 g/mol. The van der Waals surface area contributed by atoms with Crippen LogP contribution in [0.2, 0.25) is 0 Å². The van der Waals surface area contributed by atoms with Crippen molar-refractivity contribution < 1.29 is 5.11 Å². The molecule has 0 bridgehead atoms. The molecule has 25 heavy (non-hydrogen) atoms. The van der Waals surface area contributed by atoms with E-state index in [1.54, 1.807) is 0 Å². The fourth-order valence-electron chi connectivity index (χ4n) is 2.47. The minimum absolute atomic E-state index is 0.157. The number of nitrogens with two attached hydrogens (primary N) is 3. The molecule has 0 heterocycles. The van der Waals surface area contributed by atoms with E-state index in [-0.39, 0.29) is 6.61 Å². The molecule has 0 aromatic heterocycles. The molecule has 4 heteroatoms. The van der Waals surface area contributed by atoms with Gasteiger partial charge in [-0.25, -0.2) is 5.11 Å². The SMILES string of the molecule is CN.CN.CN.[O]Cc1ccc(-c2ccccc2C2C=CC=C2)cc1. The van der Waals surface area contributed by atoms with Crippen LogP contribution in [0.25, 0.3) is 11.1 Å². The zero-order valence-corrected chi connectivity index (χ0v) is 15.4. The number of hydrogen-bond donors (Lipinski definition) is 3. The van der Waals surface area contributed by atoms with Gasteiger partial charge in [0.2, 0.25) is 0 Å². The molecule has 0 saturated heterocycles. The van der Waals surface area contributed by atoms with Crippen LogP contribution in [0, 0.1) is 0 Å². The Labute approximate surface area is 151 Å². The van der Waals surface area contributed by atoms with Crippen molar-refractivity contribution in [3.05, 3.63) is 84.0 Å². The lowest BCUT2D eigenvalue weighted by molar-refractivity contribution is 0.177. The molecule has 4 nitrogen and oxygen atoms in total. The summed E-state index contributed by atoms with van der Waals surface area (Å²) in [6, 6.07) is 16.3. The van der Waals surface area contributed by atoms with Gasteiger partial charge in [-0.3, -0.25) is 0 Å². The van der Waals surface area contributed by atoms with Crippen LogP contribution in [0.15, 0.2) is 72.8 Å². The Kier molecular flexibility index (Phi) is 12.9. The Morgan fingerprint density at radius 1 is 0.760 bits per heavy atom. The third-order valence-corrected chi connectivity index (χ3v) is 3.50. The van der Waals surface area contributed by atoms with E-state index in [1.165, 1.54) is 37.8 Å². The second-order valence-corrected chi connectivity index (χ2v) is 4.72. The Morgan fingerprint density at radius 3 is 1.80 bits per heavy atom. The first-order valence-corrected chi connectivity index (χ1v) is 8.23. The number of allylic oxidation sites excluding steroid dienone is 4. The summed E-state index contributed by atoms with van der Waals surface area (Å²) in [6.45, 7) is -0.157. The van der Waals surface area contributed by atoms with Gasteiger partial charge < -0.3 is 17.2 Å². The fraction of sp³-hybridized carbons (Fsp3) is 0.238. The first kappa shape index (κ1) is 22.8. The van der Waals surface area contributed by atoms with Gasteiger partial charge in [-0.1, -0.05) is 72.8 Å². The van der Waals surface area contributed by atoms with Crippen LogP contribution >= 0.6 is 0 Å². The van der Waals surface area contributed by atoms with Gasteiger partial charge >= 0.3 is 0 Å². The van der Waals surface area contributed by atoms with E-state index in [9.17, 15) is 5.11 Å². The van der Waals surface area contributed by atoms with Crippen molar-refractivity contribution in [1.29, 1.82) is 0 Å². The van der Waals surface area contributed by atoms with Gasteiger partial charge in [-0.2, -0.15) is 0 Å². The van der Waals surface area contributed by atoms with Gasteiger partial charge in [0.05, 0.1) is 0 Å². The van der Waals surface area contributed by atoms with Crippen molar-refractivity contribution >= 4 is 0 Å². The molecule has 0 amide bonds. The number of rotatable bonds is 3. The zero-order chi connectivity index (χ0) is 19.1. The Balaban J connectivity index is 0.000000871. The highest BCUT2D eigenvalue weighted by Crippen LogP contribution is 2.32. The molecule has 3 rings (SSSR count). The largest absolute Gasteiger partial charge is 0.333 e. The molecule has 0 atom stereocenters. The summed E-state index contributed by atoms with van der Waals surface area (Å²) in [5.74, 6) is 0.357. The normalized spacial score (nSPS) is 11.5. The van der Waals surface area contributed by atoms with Crippen LogP contribution < -0.4 is 17.2 Å². The second kappa shape index (κ2) is 14.1. The van der Waals surface area contributed by atoms with Crippen molar-refractivity contribution in [2.45, 2.75) is 12.5 Å². The van der Waals surface area contributed by atoms with Crippen LogP contribution in [-0.4, -0.2) is 21.1 Å². The molecular weight excluding hydrogens is 310 g/mol. The highest BCUT2D eigenvalue weighted by Gasteiger charge is 2.12. The first-order valence-electron chi connectivity index (χ1n) is 8.23. The molecule has 6 N–H and O–H groups in total. The summed E-state index contributed by atoms with van der Waals surface area (Å²) in [5.41, 5.74) is 18.0. The second-order valence-electron chi connectivity index (χ2n) is 4.72. The van der Waals surface area contributed by atoms with Crippen LogP contribution in [0.5, 0.6) is 0 Å². The summed E-state index contributed by atoms with van der Waals surface area (Å²) in [7, 11) is 4.50. The van der Waals surface area contributed by atoms with Gasteiger partial charge in [0.25, 0.3) is 0 Å². The molecule has 0 saturated carbocycles. The standard InChI is InChI=1S/C18H15O.3CH5N/c19-13-14-9-11-16(12-10-14)18-8-4-3-7-17(18)15-5-1-2-6-15;3*1-2/h1-12,15H,13H2;3*2H2,1H3. The van der Waals surface area contributed by atoms with Crippen molar-refractivity contribution in [2.75, 3.05) is 21.1 Å². The molecule has 2 aromatic rings. The van der Waals surface area contributed by atoms with Crippen LogP contribution in [-0.2, 0) is 11.7 Å². The maximum atomic E-state index is 10.8. The van der Waals surface area contributed by atoms with Gasteiger partial charge in [-0.15, -0.1) is 0 Å². The summed E-state index contributed by atoms with van der Waals surface area (Å²) in [6.07, 6.45) is 8.57. The van der Waals surface area contributed by atoms with Crippen LogP contribution in [0.4, 0.5) is 0 Å². The summed E-state index contributed by atoms with van der Waals surface area (Å²) >= 11 is 0. The summed E-state index contributed by atoms with van der Waals surface area (Å²) in [4.78, 5) is 0. The average Bonchev–Trinajstić information content (AvgIpc) is 3.27. The average molecular weight is 340 g/mol. The topological polar surface area (TPSA) is 98.0 Å². The molecule has 0 aliphatic heterocycles. The molecular formula is C21H30N3O. The smallest absolute Gasteiger partial charge is 0.107 e. The molecule has 135 valence electrons. The molecule has 0 fully saturated rings. The first-order chi connectivity index (χ1) is 12.4. The minimum Gasteiger partial charge on any atom is -0.333 e. The Morgan fingerprint density at radius 2 is 1.28 bits per heavy atom. The highest BCUT2D eigenvalue weighted by molar-refractivity contribution is 5.69. The molecule has 0 spiro atoms. The zero-order valence-electron chi connectivity index (χ0n) is 15.4. The molecule has 1 radical (unpaired) electrons. The Bertz CT molecular complexity index is 622. The van der Waals surface area contributed by atoms with E-state index in [1.807, 2.05) is 24.3 Å². The molecule has 1 aliphatic rings. The van der Waals surface area contributed by atoms with E-state index in [4.69, 9.17) is 0 Å². The van der Waals surface area contributed by atoms with E-state index < -0.39 is 0 Å². The fourth-order valence-corrected chi connectivity index (χ4v) is 2.47. The lowest BCUT2D eigenvalue weighted by atomic mass is 9.91. The lowest BCUT2D eigenvalue weighted by Gasteiger charge is -2.13. The minimum atomic E-state index is -0.157. The lowest BCUT2D eigenvalue weighted by Crippen LogP contribution is -1.93. The van der Waals surface area contributed by atoms with Gasteiger partial charge in [0, 0.05) is 5.92 Å². The quantitative estimate of drug-likeness (QED) is 0.800. The van der Waals surface area contributed by atoms with Crippen molar-refractivity contribution in [2.24, 2.45) is 17.2 Å². The van der Waals surface area contributed by atoms with E-state index in [0.717, 1.165) is 5.56 Å². The summed E-state index contributed by atoms with van der Waals surface area (Å²) < 4.78 is 0. The van der Waals surface area contributed by atoms with Crippen molar-refractivity contribution in [1.82, 2.24) is 0 Å². The van der Waals surface area contributed by atoms with Gasteiger partial charge in [0.1, 0.15) is 6.61 Å². The van der Waals surface area contributed by atoms with Gasteiger partial charge in [-0.05, 0) is 43.4 Å². The maximum absolute atomic E-state index is 10.8. The van der Waals surface area contributed by atoms with Crippen molar-refractivity contribution in [3.63, 3.8) is 0 Å². The predicted molar refractivity (Wildman–Crippen MR) is 108 cm³/mol.